The van der Waals surface area contributed by atoms with E-state index in [9.17, 15) is 22.4 Å². The second-order valence-electron chi connectivity index (χ2n) is 6.16. The third-order valence-electron chi connectivity index (χ3n) is 4.35. The molecule has 1 heterocycles. The summed E-state index contributed by atoms with van der Waals surface area (Å²) in [6.07, 6.45) is -4.38. The number of piperazine rings is 1. The number of carbonyl (C=O) groups is 1. The Morgan fingerprint density at radius 3 is 2.30 bits per heavy atom. The highest BCUT2D eigenvalue weighted by Crippen LogP contribution is 2.31. The van der Waals surface area contributed by atoms with Gasteiger partial charge in [0.1, 0.15) is 11.6 Å². The average Bonchev–Trinajstić information content (AvgIpc) is 2.67. The highest BCUT2D eigenvalue weighted by molar-refractivity contribution is 5.78. The first-order valence-corrected chi connectivity index (χ1v) is 8.41. The van der Waals surface area contributed by atoms with E-state index in [1.165, 1.54) is 30.3 Å². The number of alkyl halides is 3. The van der Waals surface area contributed by atoms with Crippen LogP contribution in [0.4, 0.5) is 23.2 Å². The van der Waals surface area contributed by atoms with Crippen LogP contribution >= 0.6 is 0 Å². The van der Waals surface area contributed by atoms with E-state index in [-0.39, 0.29) is 18.3 Å². The van der Waals surface area contributed by atoms with Crippen LogP contribution in [0.5, 0.6) is 5.75 Å². The standard InChI is InChI=1S/C19H18F4N2O2/c20-15-4-6-17(7-5-15)27-13-18(26)25-10-8-24(9-11-25)16-3-1-2-14(12-16)19(21,22)23/h1-7,12H,8-11,13H2. The predicted octanol–water partition coefficient (Wildman–Crippen LogP) is 3.57. The zero-order valence-corrected chi connectivity index (χ0v) is 14.4. The molecule has 0 radical (unpaired) electrons. The van der Waals surface area contributed by atoms with Crippen LogP contribution in [0.1, 0.15) is 5.56 Å². The maximum atomic E-state index is 12.8. The predicted molar refractivity (Wildman–Crippen MR) is 92.1 cm³/mol. The molecule has 0 unspecified atom stereocenters. The Kier molecular flexibility index (Phi) is 5.53. The van der Waals surface area contributed by atoms with Gasteiger partial charge in [-0.2, -0.15) is 13.2 Å². The normalized spacial score (nSPS) is 15.0. The Labute approximate surface area is 153 Å². The number of halogens is 4. The molecule has 0 atom stereocenters. The van der Waals surface area contributed by atoms with Crippen molar-refractivity contribution in [1.82, 2.24) is 4.90 Å². The topological polar surface area (TPSA) is 32.8 Å². The Morgan fingerprint density at radius 1 is 1.00 bits per heavy atom. The number of ether oxygens (including phenoxy) is 1. The van der Waals surface area contributed by atoms with Crippen LogP contribution in [0, 0.1) is 5.82 Å². The molecule has 2 aromatic rings. The number of nitrogens with zero attached hydrogens (tertiary/aromatic N) is 2. The zero-order chi connectivity index (χ0) is 19.4. The molecule has 3 rings (SSSR count). The fourth-order valence-electron chi connectivity index (χ4n) is 2.86. The van der Waals surface area contributed by atoms with Crippen LogP contribution in [0.25, 0.3) is 0 Å². The van der Waals surface area contributed by atoms with E-state index < -0.39 is 11.7 Å². The number of anilines is 1. The van der Waals surface area contributed by atoms with Crippen molar-refractivity contribution >= 4 is 11.6 Å². The summed E-state index contributed by atoms with van der Waals surface area (Å²) in [4.78, 5) is 15.7. The van der Waals surface area contributed by atoms with Gasteiger partial charge in [0, 0.05) is 31.9 Å². The lowest BCUT2D eigenvalue weighted by atomic mass is 10.1. The molecule has 1 aliphatic heterocycles. The highest BCUT2D eigenvalue weighted by Gasteiger charge is 2.31. The van der Waals surface area contributed by atoms with Crippen molar-refractivity contribution in [3.05, 3.63) is 59.9 Å². The van der Waals surface area contributed by atoms with Crippen LogP contribution < -0.4 is 9.64 Å². The lowest BCUT2D eigenvalue weighted by molar-refractivity contribution is -0.137. The van der Waals surface area contributed by atoms with Crippen molar-refractivity contribution < 1.29 is 27.1 Å². The number of carbonyl (C=O) groups excluding carboxylic acids is 1. The van der Waals surface area contributed by atoms with Gasteiger partial charge in [0.2, 0.25) is 0 Å². The first-order chi connectivity index (χ1) is 12.8. The quantitative estimate of drug-likeness (QED) is 0.758. The number of hydrogen-bond donors (Lipinski definition) is 0. The van der Waals surface area contributed by atoms with Gasteiger partial charge in [0.05, 0.1) is 5.56 Å². The molecular formula is C19H18F4N2O2. The molecule has 144 valence electrons. The monoisotopic (exact) mass is 382 g/mol. The van der Waals surface area contributed by atoms with Gasteiger partial charge < -0.3 is 14.5 Å². The lowest BCUT2D eigenvalue weighted by Gasteiger charge is -2.36. The summed E-state index contributed by atoms with van der Waals surface area (Å²) in [6.45, 7) is 1.48. The maximum Gasteiger partial charge on any atom is 0.416 e. The molecule has 0 aliphatic carbocycles. The van der Waals surface area contributed by atoms with Crippen LogP contribution in [-0.4, -0.2) is 43.6 Å². The minimum absolute atomic E-state index is 0.171. The molecule has 0 aromatic heterocycles. The smallest absolute Gasteiger partial charge is 0.416 e. The Hall–Kier alpha value is -2.77. The Balaban J connectivity index is 1.52. The van der Waals surface area contributed by atoms with Gasteiger partial charge in [-0.25, -0.2) is 4.39 Å². The van der Waals surface area contributed by atoms with E-state index in [2.05, 4.69) is 0 Å². The third kappa shape index (κ3) is 4.90. The third-order valence-corrected chi connectivity index (χ3v) is 4.35. The van der Waals surface area contributed by atoms with E-state index in [4.69, 9.17) is 4.74 Å². The fraction of sp³-hybridized carbons (Fsp3) is 0.316. The lowest BCUT2D eigenvalue weighted by Crippen LogP contribution is -2.50. The van der Waals surface area contributed by atoms with Crippen LogP contribution in [0.3, 0.4) is 0 Å². The first-order valence-electron chi connectivity index (χ1n) is 8.41. The summed E-state index contributed by atoms with van der Waals surface area (Å²) in [5.74, 6) is -0.213. The summed E-state index contributed by atoms with van der Waals surface area (Å²) >= 11 is 0. The first kappa shape index (κ1) is 19.0. The van der Waals surface area contributed by atoms with Gasteiger partial charge in [-0.3, -0.25) is 4.79 Å². The molecule has 0 saturated carbocycles. The number of hydrogen-bond acceptors (Lipinski definition) is 3. The summed E-state index contributed by atoms with van der Waals surface area (Å²) in [5, 5.41) is 0. The van der Waals surface area contributed by atoms with E-state index >= 15 is 0 Å². The van der Waals surface area contributed by atoms with Crippen molar-refractivity contribution in [2.24, 2.45) is 0 Å². The van der Waals surface area contributed by atoms with Crippen molar-refractivity contribution in [3.8, 4) is 5.75 Å². The van der Waals surface area contributed by atoms with Crippen LogP contribution in [0.15, 0.2) is 48.5 Å². The fourth-order valence-corrected chi connectivity index (χ4v) is 2.86. The molecule has 0 spiro atoms. The largest absolute Gasteiger partial charge is 0.484 e. The average molecular weight is 382 g/mol. The van der Waals surface area contributed by atoms with E-state index in [0.717, 1.165) is 12.1 Å². The molecule has 2 aromatic carbocycles. The summed E-state index contributed by atoms with van der Waals surface area (Å²) < 4.78 is 56.7. The molecular weight excluding hydrogens is 364 g/mol. The SMILES string of the molecule is O=C(COc1ccc(F)cc1)N1CCN(c2cccc(C(F)(F)F)c2)CC1. The molecule has 1 aliphatic rings. The number of amides is 1. The molecule has 1 saturated heterocycles. The highest BCUT2D eigenvalue weighted by atomic mass is 19.4. The second kappa shape index (κ2) is 7.85. The second-order valence-corrected chi connectivity index (χ2v) is 6.16. The van der Waals surface area contributed by atoms with E-state index in [1.54, 1.807) is 11.0 Å². The van der Waals surface area contributed by atoms with Gasteiger partial charge in [0.15, 0.2) is 6.61 Å². The van der Waals surface area contributed by atoms with E-state index in [0.29, 0.717) is 37.6 Å². The van der Waals surface area contributed by atoms with E-state index in [1.807, 2.05) is 4.90 Å². The number of rotatable bonds is 4. The maximum absolute atomic E-state index is 12.8. The van der Waals surface area contributed by atoms with Crippen molar-refractivity contribution in [1.29, 1.82) is 0 Å². The summed E-state index contributed by atoms with van der Waals surface area (Å²) in [5.41, 5.74) is -0.203. The summed E-state index contributed by atoms with van der Waals surface area (Å²) in [7, 11) is 0. The molecule has 0 N–H and O–H groups in total. The molecule has 1 amide bonds. The van der Waals surface area contributed by atoms with Crippen molar-refractivity contribution in [3.63, 3.8) is 0 Å². The molecule has 8 heteroatoms. The zero-order valence-electron chi connectivity index (χ0n) is 14.4. The number of benzene rings is 2. The van der Waals surface area contributed by atoms with Gasteiger partial charge in [0.25, 0.3) is 5.91 Å². The van der Waals surface area contributed by atoms with Gasteiger partial charge >= 0.3 is 6.18 Å². The van der Waals surface area contributed by atoms with Gasteiger partial charge in [-0.05, 0) is 42.5 Å². The van der Waals surface area contributed by atoms with Crippen molar-refractivity contribution in [2.75, 3.05) is 37.7 Å². The Morgan fingerprint density at radius 2 is 1.67 bits per heavy atom. The molecule has 27 heavy (non-hydrogen) atoms. The Bertz CT molecular complexity index is 785. The minimum Gasteiger partial charge on any atom is -0.484 e. The van der Waals surface area contributed by atoms with Crippen molar-refractivity contribution in [2.45, 2.75) is 6.18 Å². The molecule has 0 bridgehead atoms. The summed E-state index contributed by atoms with van der Waals surface area (Å²) in [6, 6.07) is 10.5. The van der Waals surface area contributed by atoms with Gasteiger partial charge in [-0.1, -0.05) is 6.07 Å². The molecule has 1 fully saturated rings. The van der Waals surface area contributed by atoms with Crippen LogP contribution in [-0.2, 0) is 11.0 Å². The van der Waals surface area contributed by atoms with Crippen LogP contribution in [0.2, 0.25) is 0 Å². The minimum atomic E-state index is -4.38. The van der Waals surface area contributed by atoms with Gasteiger partial charge in [-0.15, -0.1) is 0 Å². The molecule has 4 nitrogen and oxygen atoms in total.